The third-order valence-electron chi connectivity index (χ3n) is 8.92. The van der Waals surface area contributed by atoms with Crippen molar-refractivity contribution in [2.24, 2.45) is 0 Å². The van der Waals surface area contributed by atoms with E-state index in [0.717, 1.165) is 9.75 Å². The summed E-state index contributed by atoms with van der Waals surface area (Å²) in [5, 5.41) is 1.15. The molecule has 44 heavy (non-hydrogen) atoms. The van der Waals surface area contributed by atoms with Crippen molar-refractivity contribution in [3.63, 3.8) is 0 Å². The minimum absolute atomic E-state index is 0.232. The van der Waals surface area contributed by atoms with Crippen molar-refractivity contribution in [2.75, 3.05) is 0 Å². The molecule has 2 aliphatic heterocycles. The zero-order valence-corrected chi connectivity index (χ0v) is 28.6. The number of carbonyl (C=O) groups is 2. The maximum Gasteiger partial charge on any atom is 0.303 e. The Morgan fingerprint density at radius 2 is 1.07 bits per heavy atom. The number of thiophene rings is 2. The highest BCUT2D eigenvalue weighted by atomic mass is 32.2. The molecule has 2 aromatic heterocycles. The lowest BCUT2D eigenvalue weighted by molar-refractivity contribution is -0.147. The first-order valence-electron chi connectivity index (χ1n) is 15.3. The van der Waals surface area contributed by atoms with Crippen LogP contribution >= 0.6 is 46.2 Å². The number of carbonyl (C=O) groups excluding carboxylic acids is 2. The van der Waals surface area contributed by atoms with Gasteiger partial charge in [-0.25, -0.2) is 0 Å². The number of thioether (sulfide) groups is 2. The van der Waals surface area contributed by atoms with E-state index >= 15 is 0 Å². The van der Waals surface area contributed by atoms with Crippen molar-refractivity contribution in [2.45, 2.75) is 97.7 Å². The molecular weight excluding hydrogens is 625 g/mol. The Bertz CT molecular complexity index is 1560. The lowest BCUT2D eigenvalue weighted by Gasteiger charge is -2.34. The second-order valence-corrected chi connectivity index (χ2v) is 17.1. The van der Waals surface area contributed by atoms with Gasteiger partial charge in [-0.2, -0.15) is 0 Å². The van der Waals surface area contributed by atoms with Gasteiger partial charge in [0, 0.05) is 78.3 Å². The van der Waals surface area contributed by atoms with Crippen LogP contribution in [0.25, 0.3) is 0 Å². The summed E-state index contributed by atoms with van der Waals surface area (Å²) in [6.45, 7) is 7.20. The quantitative estimate of drug-likeness (QED) is 0.176. The number of hydrogen-bond acceptors (Lipinski definition) is 8. The number of esters is 2. The lowest BCUT2D eigenvalue weighted by Crippen LogP contribution is -2.28. The van der Waals surface area contributed by atoms with E-state index in [0.29, 0.717) is 35.2 Å². The molecule has 4 heterocycles. The van der Waals surface area contributed by atoms with Crippen molar-refractivity contribution < 1.29 is 19.1 Å². The van der Waals surface area contributed by atoms with Gasteiger partial charge in [-0.05, 0) is 49.9 Å². The number of hydrogen-bond donors (Lipinski definition) is 0. The van der Waals surface area contributed by atoms with Crippen molar-refractivity contribution >= 4 is 58.1 Å². The zero-order valence-electron chi connectivity index (χ0n) is 25.3. The highest BCUT2D eigenvalue weighted by Gasteiger charge is 2.49. The Morgan fingerprint density at radius 3 is 1.43 bits per heavy atom. The molecular formula is C36H36O4S4. The lowest BCUT2D eigenvalue weighted by atomic mass is 9.80. The summed E-state index contributed by atoms with van der Waals surface area (Å²) in [6, 6.07) is 21.6. The van der Waals surface area contributed by atoms with Gasteiger partial charge in [0.05, 0.1) is 0 Å². The van der Waals surface area contributed by atoms with Crippen molar-refractivity contribution in [3.8, 4) is 0 Å². The van der Waals surface area contributed by atoms with Gasteiger partial charge in [0.25, 0.3) is 0 Å². The third kappa shape index (κ3) is 6.15. The van der Waals surface area contributed by atoms with Crippen LogP contribution in [0.3, 0.4) is 0 Å². The van der Waals surface area contributed by atoms with Crippen LogP contribution < -0.4 is 0 Å². The first-order chi connectivity index (χ1) is 21.2. The van der Waals surface area contributed by atoms with Crippen LogP contribution in [0.5, 0.6) is 0 Å². The SMILES string of the molecule is CC(=O)OC(Cc1ccc(C)cc1)c1cc2c(s1)C1CC3Sc4cc(C(Cc5ccc(C)cc5)OC(C)=O)sc4C3CC1S2. The monoisotopic (exact) mass is 660 g/mol. The third-order valence-corrected chi connectivity index (χ3v) is 14.7. The van der Waals surface area contributed by atoms with E-state index in [9.17, 15) is 9.59 Å². The molecule has 6 atom stereocenters. The van der Waals surface area contributed by atoms with Gasteiger partial charge in [0.1, 0.15) is 12.2 Å². The molecule has 7 rings (SSSR count). The molecule has 0 amide bonds. The fourth-order valence-electron chi connectivity index (χ4n) is 6.78. The fourth-order valence-corrected chi connectivity index (χ4v) is 13.2. The van der Waals surface area contributed by atoms with Crippen LogP contribution in [0, 0.1) is 13.8 Å². The molecule has 0 N–H and O–H groups in total. The minimum Gasteiger partial charge on any atom is -0.456 e. The molecule has 4 nitrogen and oxygen atoms in total. The summed E-state index contributed by atoms with van der Waals surface area (Å²) in [5.74, 6) is 0.626. The molecule has 0 bridgehead atoms. The number of ether oxygens (including phenoxy) is 2. The molecule has 228 valence electrons. The maximum absolute atomic E-state index is 12.1. The molecule has 0 spiro atoms. The Kier molecular flexibility index (Phi) is 8.46. The smallest absolute Gasteiger partial charge is 0.303 e. The molecule has 0 saturated heterocycles. The molecule has 8 heteroatoms. The molecule has 0 radical (unpaired) electrons. The van der Waals surface area contributed by atoms with Crippen LogP contribution in [0.4, 0.5) is 0 Å². The predicted octanol–water partition coefficient (Wildman–Crippen LogP) is 9.73. The molecule has 1 saturated carbocycles. The van der Waals surface area contributed by atoms with Gasteiger partial charge >= 0.3 is 11.9 Å². The van der Waals surface area contributed by atoms with E-state index in [-0.39, 0.29) is 24.1 Å². The predicted molar refractivity (Wildman–Crippen MR) is 181 cm³/mol. The highest BCUT2D eigenvalue weighted by Crippen LogP contribution is 2.64. The fraction of sp³-hybridized carbons (Fsp3) is 0.389. The normalized spacial score (nSPS) is 22.8. The van der Waals surface area contributed by atoms with Gasteiger partial charge in [-0.3, -0.25) is 9.59 Å². The van der Waals surface area contributed by atoms with E-state index in [4.69, 9.17) is 9.47 Å². The van der Waals surface area contributed by atoms with Crippen molar-refractivity contribution in [3.05, 3.63) is 102 Å². The zero-order chi connectivity index (χ0) is 30.5. The molecule has 1 fully saturated rings. The van der Waals surface area contributed by atoms with Crippen LogP contribution in [-0.4, -0.2) is 22.4 Å². The molecule has 6 unspecified atom stereocenters. The number of benzene rings is 2. The molecule has 1 aliphatic carbocycles. The Balaban J connectivity index is 1.07. The Hall–Kier alpha value is -2.52. The number of aryl methyl sites for hydroxylation is 2. The summed E-state index contributed by atoms with van der Waals surface area (Å²) in [6.07, 6.45) is 3.22. The maximum atomic E-state index is 12.1. The van der Waals surface area contributed by atoms with Crippen LogP contribution in [-0.2, 0) is 31.9 Å². The average molecular weight is 661 g/mol. The van der Waals surface area contributed by atoms with Gasteiger partial charge in [0.2, 0.25) is 0 Å². The summed E-state index contributed by atoms with van der Waals surface area (Å²) >= 11 is 7.78. The van der Waals surface area contributed by atoms with Crippen LogP contribution in [0.2, 0.25) is 0 Å². The summed E-state index contributed by atoms with van der Waals surface area (Å²) in [7, 11) is 0. The topological polar surface area (TPSA) is 52.6 Å². The van der Waals surface area contributed by atoms with E-state index < -0.39 is 0 Å². The second-order valence-electron chi connectivity index (χ2n) is 12.3. The van der Waals surface area contributed by atoms with Crippen LogP contribution in [0.1, 0.15) is 92.5 Å². The summed E-state index contributed by atoms with van der Waals surface area (Å²) in [5.41, 5.74) is 4.83. The molecule has 3 aliphatic rings. The summed E-state index contributed by atoms with van der Waals surface area (Å²) in [4.78, 5) is 32.2. The first-order valence-corrected chi connectivity index (χ1v) is 18.7. The first kappa shape index (κ1) is 30.2. The number of fused-ring (bicyclic) bond motifs is 6. The Morgan fingerprint density at radius 1 is 0.682 bits per heavy atom. The molecule has 2 aromatic carbocycles. The standard InChI is InChI=1S/C36H36O4S4/c1-19-5-9-23(10-6-19)13-27(39-21(3)37)31-17-33-35(43-31)25-15-30-26(16-29(25)41-33)36-34(42-30)18-32(44-36)28(40-22(4)38)14-24-11-7-20(2)8-12-24/h5-12,17-18,25-30H,13-16H2,1-4H3. The largest absolute Gasteiger partial charge is 0.456 e. The van der Waals surface area contributed by atoms with E-state index in [1.165, 1.54) is 68.5 Å². The second kappa shape index (κ2) is 12.3. The van der Waals surface area contributed by atoms with Crippen molar-refractivity contribution in [1.82, 2.24) is 0 Å². The van der Waals surface area contributed by atoms with Gasteiger partial charge < -0.3 is 9.47 Å². The van der Waals surface area contributed by atoms with E-state index in [1.807, 2.05) is 46.2 Å². The minimum atomic E-state index is -0.252. The van der Waals surface area contributed by atoms with Crippen molar-refractivity contribution in [1.29, 1.82) is 0 Å². The average Bonchev–Trinajstić information content (AvgIpc) is 3.73. The van der Waals surface area contributed by atoms with E-state index in [1.54, 1.807) is 0 Å². The summed E-state index contributed by atoms with van der Waals surface area (Å²) < 4.78 is 11.7. The number of rotatable bonds is 8. The van der Waals surface area contributed by atoms with Gasteiger partial charge in [-0.1, -0.05) is 59.7 Å². The van der Waals surface area contributed by atoms with Crippen LogP contribution in [0.15, 0.2) is 70.5 Å². The molecule has 4 aromatic rings. The highest BCUT2D eigenvalue weighted by molar-refractivity contribution is 8.01. The van der Waals surface area contributed by atoms with Gasteiger partial charge in [-0.15, -0.1) is 46.2 Å². The Labute approximate surface area is 276 Å². The van der Waals surface area contributed by atoms with E-state index in [2.05, 4.69) is 74.5 Å². The van der Waals surface area contributed by atoms with Gasteiger partial charge in [0.15, 0.2) is 0 Å².